The van der Waals surface area contributed by atoms with E-state index in [1.165, 1.54) is 24.1 Å². The van der Waals surface area contributed by atoms with E-state index in [2.05, 4.69) is 0 Å². The number of primary amides is 1. The molecule has 0 aliphatic carbocycles. The number of benzene rings is 1. The van der Waals surface area contributed by atoms with Gasteiger partial charge in [0, 0.05) is 12.5 Å². The van der Waals surface area contributed by atoms with Gasteiger partial charge in [-0.25, -0.2) is 8.42 Å². The predicted molar refractivity (Wildman–Crippen MR) is 97.4 cm³/mol. The Morgan fingerprint density at radius 2 is 1.92 bits per heavy atom. The van der Waals surface area contributed by atoms with Crippen LogP contribution in [0.4, 0.5) is 0 Å². The Kier molecular flexibility index (Phi) is 6.28. The van der Waals surface area contributed by atoms with Gasteiger partial charge in [0.2, 0.25) is 11.8 Å². The maximum atomic E-state index is 13.2. The lowest BCUT2D eigenvalue weighted by atomic mass is 10.0. The Hall–Kier alpha value is -2.09. The first-order valence-electron chi connectivity index (χ1n) is 8.75. The van der Waals surface area contributed by atoms with E-state index in [9.17, 15) is 18.0 Å². The molecule has 1 aromatic rings. The van der Waals surface area contributed by atoms with E-state index in [0.717, 1.165) is 6.42 Å². The molecule has 2 rings (SSSR count). The first kappa shape index (κ1) is 20.2. The van der Waals surface area contributed by atoms with Crippen molar-refractivity contribution in [3.63, 3.8) is 0 Å². The number of sulfone groups is 1. The number of hydrogen-bond acceptors (Lipinski definition) is 5. The quantitative estimate of drug-likeness (QED) is 0.730. The lowest BCUT2D eigenvalue weighted by molar-refractivity contribution is -0.135. The Morgan fingerprint density at radius 3 is 2.38 bits per heavy atom. The molecule has 0 bridgehead atoms. The van der Waals surface area contributed by atoms with Gasteiger partial charge in [-0.3, -0.25) is 9.59 Å². The fourth-order valence-corrected chi connectivity index (χ4v) is 5.51. The Morgan fingerprint density at radius 1 is 1.31 bits per heavy atom. The molecule has 3 atom stereocenters. The third-order valence-electron chi connectivity index (χ3n) is 4.86. The van der Waals surface area contributed by atoms with Gasteiger partial charge in [0.05, 0.1) is 12.0 Å². The van der Waals surface area contributed by atoms with E-state index in [4.69, 9.17) is 10.5 Å². The second-order valence-electron chi connectivity index (χ2n) is 6.51. The molecule has 1 fully saturated rings. The van der Waals surface area contributed by atoms with E-state index in [1.807, 2.05) is 6.92 Å². The highest BCUT2D eigenvalue weighted by molar-refractivity contribution is 7.92. The second kappa shape index (κ2) is 8.07. The standard InChI is InChI=1S/C18H26N2O5S/c1-4-6-12-11-20(15(5-2)17(19)21)18(22)16(12)26(23,24)14-9-7-13(25-3)8-10-14/h7-10,12,15-16H,4-6,11H2,1-3H3,(H2,19,21)/t12-,15-,16?/m0/s1. The smallest absolute Gasteiger partial charge is 0.242 e. The molecular weight excluding hydrogens is 356 g/mol. The molecular formula is C18H26N2O5S. The summed E-state index contributed by atoms with van der Waals surface area (Å²) in [6.45, 7) is 3.92. The predicted octanol–water partition coefficient (Wildman–Crippen LogP) is 1.36. The molecule has 1 heterocycles. The zero-order valence-electron chi connectivity index (χ0n) is 15.3. The number of carbonyl (C=O) groups is 2. The Bertz CT molecular complexity index is 760. The summed E-state index contributed by atoms with van der Waals surface area (Å²) in [5.74, 6) is -0.982. The number of hydrogen-bond donors (Lipinski definition) is 1. The Labute approximate surface area is 154 Å². The minimum Gasteiger partial charge on any atom is -0.497 e. The van der Waals surface area contributed by atoms with Gasteiger partial charge in [-0.2, -0.15) is 0 Å². The normalized spacial score (nSPS) is 21.7. The zero-order chi connectivity index (χ0) is 19.5. The van der Waals surface area contributed by atoms with E-state index in [-0.39, 0.29) is 17.4 Å². The first-order valence-corrected chi connectivity index (χ1v) is 10.3. The molecule has 2 amide bonds. The van der Waals surface area contributed by atoms with Crippen molar-refractivity contribution in [2.45, 2.75) is 49.3 Å². The van der Waals surface area contributed by atoms with E-state index in [0.29, 0.717) is 18.6 Å². The highest BCUT2D eigenvalue weighted by atomic mass is 32.2. The van der Waals surface area contributed by atoms with Crippen molar-refractivity contribution < 1.29 is 22.7 Å². The van der Waals surface area contributed by atoms with Crippen LogP contribution in [0.5, 0.6) is 5.75 Å². The fourth-order valence-electron chi connectivity index (χ4n) is 3.57. The summed E-state index contributed by atoms with van der Waals surface area (Å²) in [5, 5.41) is -1.19. The van der Waals surface area contributed by atoms with Crippen LogP contribution in [0.2, 0.25) is 0 Å². The highest BCUT2D eigenvalue weighted by Gasteiger charge is 2.50. The lowest BCUT2D eigenvalue weighted by Crippen LogP contribution is -2.47. The molecule has 1 unspecified atom stereocenters. The summed E-state index contributed by atoms with van der Waals surface area (Å²) in [6.07, 6.45) is 1.68. The molecule has 0 saturated carbocycles. The molecule has 0 radical (unpaired) electrons. The van der Waals surface area contributed by atoms with E-state index in [1.54, 1.807) is 19.1 Å². The van der Waals surface area contributed by atoms with Crippen LogP contribution < -0.4 is 10.5 Å². The van der Waals surface area contributed by atoms with Crippen LogP contribution in [0.3, 0.4) is 0 Å². The van der Waals surface area contributed by atoms with Crippen LogP contribution in [0.15, 0.2) is 29.2 Å². The third-order valence-corrected chi connectivity index (χ3v) is 7.04. The van der Waals surface area contributed by atoms with Crippen molar-refractivity contribution >= 4 is 21.7 Å². The minimum atomic E-state index is -3.88. The van der Waals surface area contributed by atoms with Crippen LogP contribution in [0.25, 0.3) is 0 Å². The lowest BCUT2D eigenvalue weighted by Gasteiger charge is -2.24. The van der Waals surface area contributed by atoms with Crippen molar-refractivity contribution in [3.8, 4) is 5.75 Å². The zero-order valence-corrected chi connectivity index (χ0v) is 16.2. The number of likely N-dealkylation sites (tertiary alicyclic amines) is 1. The summed E-state index contributed by atoms with van der Waals surface area (Å²) in [6, 6.07) is 5.21. The number of amides is 2. The molecule has 1 aromatic carbocycles. The van der Waals surface area contributed by atoms with Gasteiger partial charge in [-0.15, -0.1) is 0 Å². The van der Waals surface area contributed by atoms with E-state index >= 15 is 0 Å². The van der Waals surface area contributed by atoms with Crippen molar-refractivity contribution in [3.05, 3.63) is 24.3 Å². The van der Waals surface area contributed by atoms with Crippen molar-refractivity contribution in [1.29, 1.82) is 0 Å². The number of nitrogens with zero attached hydrogens (tertiary/aromatic N) is 1. The molecule has 7 nitrogen and oxygen atoms in total. The van der Waals surface area contributed by atoms with E-state index < -0.39 is 32.9 Å². The summed E-state index contributed by atoms with van der Waals surface area (Å²) in [7, 11) is -2.39. The Balaban J connectivity index is 2.42. The van der Waals surface area contributed by atoms with Crippen LogP contribution in [-0.4, -0.2) is 50.1 Å². The fraction of sp³-hybridized carbons (Fsp3) is 0.556. The number of carbonyl (C=O) groups excluding carboxylic acids is 2. The largest absolute Gasteiger partial charge is 0.497 e. The molecule has 1 saturated heterocycles. The first-order chi connectivity index (χ1) is 12.3. The minimum absolute atomic E-state index is 0.0757. The molecule has 26 heavy (non-hydrogen) atoms. The average Bonchev–Trinajstić information content (AvgIpc) is 2.92. The van der Waals surface area contributed by atoms with Gasteiger partial charge in [-0.05, 0) is 37.1 Å². The van der Waals surface area contributed by atoms with Crippen LogP contribution in [-0.2, 0) is 19.4 Å². The molecule has 2 N–H and O–H groups in total. The second-order valence-corrected chi connectivity index (χ2v) is 8.58. The van der Waals surface area contributed by atoms with Gasteiger partial charge >= 0.3 is 0 Å². The number of rotatable bonds is 8. The van der Waals surface area contributed by atoms with Gasteiger partial charge in [0.1, 0.15) is 17.0 Å². The summed E-state index contributed by atoms with van der Waals surface area (Å²) < 4.78 is 31.4. The van der Waals surface area contributed by atoms with Gasteiger partial charge < -0.3 is 15.4 Å². The number of methoxy groups -OCH3 is 1. The van der Waals surface area contributed by atoms with Crippen molar-refractivity contribution in [2.75, 3.05) is 13.7 Å². The summed E-state index contributed by atoms with van der Waals surface area (Å²) in [5.41, 5.74) is 5.41. The summed E-state index contributed by atoms with van der Waals surface area (Å²) in [4.78, 5) is 26.1. The van der Waals surface area contributed by atoms with Crippen LogP contribution in [0, 0.1) is 5.92 Å². The molecule has 1 aliphatic rings. The highest BCUT2D eigenvalue weighted by Crippen LogP contribution is 2.34. The van der Waals surface area contributed by atoms with Crippen LogP contribution >= 0.6 is 0 Å². The topological polar surface area (TPSA) is 107 Å². The number of nitrogens with two attached hydrogens (primary N) is 1. The average molecular weight is 382 g/mol. The maximum absolute atomic E-state index is 13.2. The van der Waals surface area contributed by atoms with Crippen molar-refractivity contribution in [1.82, 2.24) is 4.90 Å². The molecule has 0 spiro atoms. The monoisotopic (exact) mass is 382 g/mol. The molecule has 144 valence electrons. The van der Waals surface area contributed by atoms with Gasteiger partial charge in [-0.1, -0.05) is 20.3 Å². The van der Waals surface area contributed by atoms with Crippen LogP contribution in [0.1, 0.15) is 33.1 Å². The summed E-state index contributed by atoms with van der Waals surface area (Å²) >= 11 is 0. The maximum Gasteiger partial charge on any atom is 0.242 e. The number of ether oxygens (including phenoxy) is 1. The molecule has 8 heteroatoms. The van der Waals surface area contributed by atoms with Gasteiger partial charge in [0.15, 0.2) is 9.84 Å². The van der Waals surface area contributed by atoms with Gasteiger partial charge in [0.25, 0.3) is 0 Å². The SMILES string of the molecule is CCC[C@H]1CN([C@@H](CC)C(N)=O)C(=O)C1S(=O)(=O)c1ccc(OC)cc1. The molecule has 0 aromatic heterocycles. The molecule has 1 aliphatic heterocycles. The van der Waals surface area contributed by atoms with Crippen molar-refractivity contribution in [2.24, 2.45) is 11.7 Å². The third kappa shape index (κ3) is 3.70.